The summed E-state index contributed by atoms with van der Waals surface area (Å²) in [5.41, 5.74) is 2.15. The summed E-state index contributed by atoms with van der Waals surface area (Å²) in [6.07, 6.45) is 0. The number of benzene rings is 1. The van der Waals surface area contributed by atoms with E-state index in [1.807, 2.05) is 48.2 Å². The largest absolute Gasteiger partial charge is 0.294 e. The minimum Gasteiger partial charge on any atom is -0.294 e. The summed E-state index contributed by atoms with van der Waals surface area (Å²) < 4.78 is 0.763. The fraction of sp³-hybridized carbons (Fsp3) is 0.214. The number of thioether (sulfide) groups is 1. The first kappa shape index (κ1) is 13.0. The van der Waals surface area contributed by atoms with Gasteiger partial charge in [-0.05, 0) is 31.2 Å². The number of rotatable bonds is 2. The first-order valence-corrected chi connectivity index (χ1v) is 8.15. The Morgan fingerprint density at radius 2 is 1.95 bits per heavy atom. The van der Waals surface area contributed by atoms with E-state index in [-0.39, 0.29) is 11.3 Å². The van der Waals surface area contributed by atoms with Crippen molar-refractivity contribution < 1.29 is 4.79 Å². The Hall–Kier alpha value is -0.970. The highest BCUT2D eigenvalue weighted by atomic mass is 35.5. The van der Waals surface area contributed by atoms with Gasteiger partial charge in [0.15, 0.2) is 0 Å². The molecule has 1 fully saturated rings. The second kappa shape index (κ2) is 5.19. The van der Waals surface area contributed by atoms with Gasteiger partial charge in [0.25, 0.3) is 0 Å². The molecule has 19 heavy (non-hydrogen) atoms. The molecule has 1 aliphatic rings. The van der Waals surface area contributed by atoms with E-state index in [9.17, 15) is 4.79 Å². The molecule has 1 amide bonds. The van der Waals surface area contributed by atoms with Gasteiger partial charge in [0.1, 0.15) is 5.37 Å². The Morgan fingerprint density at radius 1 is 1.21 bits per heavy atom. The Balaban J connectivity index is 1.96. The van der Waals surface area contributed by atoms with Crippen LogP contribution in [0, 0.1) is 6.92 Å². The Morgan fingerprint density at radius 3 is 2.58 bits per heavy atom. The summed E-state index contributed by atoms with van der Waals surface area (Å²) in [6.45, 7) is 2.04. The molecule has 0 N–H and O–H groups in total. The van der Waals surface area contributed by atoms with Gasteiger partial charge in [-0.1, -0.05) is 29.3 Å². The fourth-order valence-electron chi connectivity index (χ4n) is 2.08. The minimum absolute atomic E-state index is 0.0488. The minimum atomic E-state index is 0.0488. The molecule has 1 aromatic heterocycles. The zero-order chi connectivity index (χ0) is 13.4. The van der Waals surface area contributed by atoms with E-state index in [0.717, 1.165) is 14.9 Å². The number of carbonyl (C=O) groups excluding carboxylic acids is 1. The lowest BCUT2D eigenvalue weighted by atomic mass is 10.2. The van der Waals surface area contributed by atoms with Crippen LogP contribution in [0.3, 0.4) is 0 Å². The van der Waals surface area contributed by atoms with Gasteiger partial charge in [-0.25, -0.2) is 0 Å². The molecule has 0 spiro atoms. The summed E-state index contributed by atoms with van der Waals surface area (Å²) in [4.78, 5) is 15.1. The highest BCUT2D eigenvalue weighted by Gasteiger charge is 2.34. The predicted octanol–water partition coefficient (Wildman–Crippen LogP) is 4.49. The quantitative estimate of drug-likeness (QED) is 0.814. The number of nitrogens with zero attached hydrogens (tertiary/aromatic N) is 1. The molecular weight excluding hydrogens is 298 g/mol. The van der Waals surface area contributed by atoms with E-state index in [2.05, 4.69) is 0 Å². The third-order valence-electron chi connectivity index (χ3n) is 3.02. The van der Waals surface area contributed by atoms with Crippen molar-refractivity contribution in [2.24, 2.45) is 0 Å². The molecule has 0 radical (unpaired) electrons. The summed E-state index contributed by atoms with van der Waals surface area (Å²) >= 11 is 9.19. The van der Waals surface area contributed by atoms with Gasteiger partial charge in [-0.2, -0.15) is 0 Å². The molecule has 0 aliphatic carbocycles. The van der Waals surface area contributed by atoms with Gasteiger partial charge < -0.3 is 0 Å². The maximum Gasteiger partial charge on any atom is 0.238 e. The van der Waals surface area contributed by atoms with Gasteiger partial charge in [-0.3, -0.25) is 9.69 Å². The number of carbonyl (C=O) groups is 1. The Labute approximate surface area is 125 Å². The van der Waals surface area contributed by atoms with Gasteiger partial charge >= 0.3 is 0 Å². The molecule has 2 aromatic rings. The zero-order valence-electron chi connectivity index (χ0n) is 10.3. The van der Waals surface area contributed by atoms with E-state index in [4.69, 9.17) is 11.6 Å². The van der Waals surface area contributed by atoms with Crippen LogP contribution in [0.1, 0.15) is 15.8 Å². The van der Waals surface area contributed by atoms with E-state index in [1.54, 1.807) is 11.8 Å². The number of anilines is 1. The number of hydrogen-bond acceptors (Lipinski definition) is 3. The van der Waals surface area contributed by atoms with Gasteiger partial charge in [0.05, 0.1) is 10.1 Å². The van der Waals surface area contributed by atoms with Crippen molar-refractivity contribution in [3.05, 3.63) is 51.2 Å². The summed E-state index contributed by atoms with van der Waals surface area (Å²) in [6, 6.07) is 12.0. The fourth-order valence-corrected chi connectivity index (χ4v) is 4.53. The molecule has 3 rings (SSSR count). The molecule has 2 heterocycles. The van der Waals surface area contributed by atoms with Crippen LogP contribution >= 0.6 is 34.7 Å². The van der Waals surface area contributed by atoms with E-state index >= 15 is 0 Å². The van der Waals surface area contributed by atoms with E-state index in [0.29, 0.717) is 5.75 Å². The van der Waals surface area contributed by atoms with Crippen molar-refractivity contribution in [1.29, 1.82) is 0 Å². The van der Waals surface area contributed by atoms with Crippen LogP contribution in [0.4, 0.5) is 5.69 Å². The molecule has 1 atom stereocenters. The second-order valence-corrected chi connectivity index (χ2v) is 7.22. The standard InChI is InChI=1S/C14H12ClNOS2/c1-9-2-4-10(5-3-9)16-13(17)8-18-14(16)11-6-7-12(15)19-11/h2-7,14H,8H2,1H3. The van der Waals surface area contributed by atoms with Gasteiger partial charge in [0, 0.05) is 10.6 Å². The lowest BCUT2D eigenvalue weighted by Gasteiger charge is -2.23. The third-order valence-corrected chi connectivity index (χ3v) is 5.64. The van der Waals surface area contributed by atoms with Crippen molar-refractivity contribution in [3.63, 3.8) is 0 Å². The molecule has 2 nitrogen and oxygen atoms in total. The number of hydrogen-bond donors (Lipinski definition) is 0. The highest BCUT2D eigenvalue weighted by Crippen LogP contribution is 2.44. The SMILES string of the molecule is Cc1ccc(N2C(=O)CSC2c2ccc(Cl)s2)cc1. The van der Waals surface area contributed by atoms with Crippen molar-refractivity contribution >= 4 is 46.3 Å². The Kier molecular flexibility index (Phi) is 3.56. The van der Waals surface area contributed by atoms with Crippen LogP contribution in [0.2, 0.25) is 4.34 Å². The summed E-state index contributed by atoms with van der Waals surface area (Å²) in [7, 11) is 0. The van der Waals surface area contributed by atoms with Gasteiger partial charge in [0.2, 0.25) is 5.91 Å². The summed E-state index contributed by atoms with van der Waals surface area (Å²) in [5.74, 6) is 0.678. The third kappa shape index (κ3) is 2.53. The predicted molar refractivity (Wildman–Crippen MR) is 83.2 cm³/mol. The highest BCUT2D eigenvalue weighted by molar-refractivity contribution is 8.01. The molecule has 1 saturated heterocycles. The number of thiophene rings is 1. The number of amides is 1. The first-order chi connectivity index (χ1) is 9.15. The Bertz CT molecular complexity index is 608. The van der Waals surface area contributed by atoms with E-state index in [1.165, 1.54) is 16.9 Å². The maximum absolute atomic E-state index is 12.1. The topological polar surface area (TPSA) is 20.3 Å². The van der Waals surface area contributed by atoms with Crippen LogP contribution in [-0.4, -0.2) is 11.7 Å². The zero-order valence-corrected chi connectivity index (χ0v) is 12.7. The average Bonchev–Trinajstić information content (AvgIpc) is 2.97. The molecule has 5 heteroatoms. The molecule has 1 unspecified atom stereocenters. The monoisotopic (exact) mass is 309 g/mol. The molecular formula is C14H12ClNOS2. The van der Waals surface area contributed by atoms with Crippen LogP contribution in [-0.2, 0) is 4.79 Å². The van der Waals surface area contributed by atoms with Crippen LogP contribution in [0.15, 0.2) is 36.4 Å². The normalized spacial score (nSPS) is 19.2. The van der Waals surface area contributed by atoms with Crippen molar-refractivity contribution in [2.45, 2.75) is 12.3 Å². The number of aryl methyl sites for hydroxylation is 1. The molecule has 1 aromatic carbocycles. The molecule has 98 valence electrons. The molecule has 0 bridgehead atoms. The lowest BCUT2D eigenvalue weighted by Crippen LogP contribution is -2.27. The first-order valence-electron chi connectivity index (χ1n) is 5.91. The van der Waals surface area contributed by atoms with Crippen LogP contribution in [0.5, 0.6) is 0 Å². The number of halogens is 1. The molecule has 0 saturated carbocycles. The second-order valence-electron chi connectivity index (χ2n) is 4.40. The van der Waals surface area contributed by atoms with E-state index < -0.39 is 0 Å². The van der Waals surface area contributed by atoms with Gasteiger partial charge in [-0.15, -0.1) is 23.1 Å². The maximum atomic E-state index is 12.1. The van der Waals surface area contributed by atoms with Crippen LogP contribution < -0.4 is 4.90 Å². The lowest BCUT2D eigenvalue weighted by molar-refractivity contribution is -0.115. The van der Waals surface area contributed by atoms with Crippen molar-refractivity contribution in [3.8, 4) is 0 Å². The molecule has 1 aliphatic heterocycles. The summed E-state index contributed by atoms with van der Waals surface area (Å²) in [5, 5.41) is 0.0488. The van der Waals surface area contributed by atoms with Crippen molar-refractivity contribution in [1.82, 2.24) is 0 Å². The van der Waals surface area contributed by atoms with Crippen molar-refractivity contribution in [2.75, 3.05) is 10.7 Å². The average molecular weight is 310 g/mol. The smallest absolute Gasteiger partial charge is 0.238 e. The van der Waals surface area contributed by atoms with Crippen LogP contribution in [0.25, 0.3) is 0 Å².